The highest BCUT2D eigenvalue weighted by molar-refractivity contribution is 7.92. The fraction of sp³-hybridized carbons (Fsp3) is 0.297. The number of amides is 2. The van der Waals surface area contributed by atoms with E-state index >= 15 is 0 Å². The van der Waals surface area contributed by atoms with Crippen molar-refractivity contribution in [2.24, 2.45) is 0 Å². The first-order chi connectivity index (χ1) is 23.6. The highest BCUT2D eigenvalue weighted by Gasteiger charge is 2.35. The van der Waals surface area contributed by atoms with Crippen LogP contribution >= 0.6 is 0 Å². The summed E-state index contributed by atoms with van der Waals surface area (Å²) in [7, 11) is -1.57. The van der Waals surface area contributed by atoms with Crippen LogP contribution in [0.1, 0.15) is 31.4 Å². The molecule has 2 amide bonds. The molecule has 260 valence electrons. The molecule has 49 heavy (non-hydrogen) atoms. The second-order valence-corrected chi connectivity index (χ2v) is 13.0. The first-order valence-corrected chi connectivity index (χ1v) is 17.4. The molecule has 0 aromatic heterocycles. The van der Waals surface area contributed by atoms with E-state index in [1.165, 1.54) is 61.6 Å². The van der Waals surface area contributed by atoms with Crippen molar-refractivity contribution >= 4 is 27.5 Å². The van der Waals surface area contributed by atoms with Gasteiger partial charge in [0.15, 0.2) is 11.5 Å². The second kappa shape index (κ2) is 17.3. The number of sulfonamides is 1. The molecular formula is C37H42FN3O7S. The summed E-state index contributed by atoms with van der Waals surface area (Å²) in [4.78, 5) is 29.6. The first kappa shape index (κ1) is 36.7. The number of nitrogens with zero attached hydrogens (tertiary/aromatic N) is 2. The quantitative estimate of drug-likeness (QED) is 0.153. The van der Waals surface area contributed by atoms with E-state index in [-0.39, 0.29) is 29.3 Å². The molecular weight excluding hydrogens is 649 g/mol. The van der Waals surface area contributed by atoms with Gasteiger partial charge in [-0.25, -0.2) is 12.8 Å². The van der Waals surface area contributed by atoms with Crippen molar-refractivity contribution in [3.05, 3.63) is 114 Å². The van der Waals surface area contributed by atoms with E-state index in [1.54, 1.807) is 24.3 Å². The van der Waals surface area contributed by atoms with Crippen LogP contribution in [0.5, 0.6) is 17.2 Å². The zero-order valence-electron chi connectivity index (χ0n) is 28.1. The first-order valence-electron chi connectivity index (χ1n) is 15.9. The average molecular weight is 692 g/mol. The molecule has 0 bridgehead atoms. The lowest BCUT2D eigenvalue weighted by Crippen LogP contribution is -2.53. The number of benzene rings is 4. The topological polar surface area (TPSA) is 114 Å². The third-order valence-electron chi connectivity index (χ3n) is 7.74. The van der Waals surface area contributed by atoms with Crippen molar-refractivity contribution in [2.45, 2.75) is 44.2 Å². The van der Waals surface area contributed by atoms with Gasteiger partial charge in [-0.15, -0.1) is 0 Å². The highest BCUT2D eigenvalue weighted by Crippen LogP contribution is 2.33. The van der Waals surface area contributed by atoms with Crippen LogP contribution in [0, 0.1) is 5.82 Å². The molecule has 0 saturated heterocycles. The summed E-state index contributed by atoms with van der Waals surface area (Å²) in [6, 6.07) is 24.3. The number of rotatable bonds is 17. The van der Waals surface area contributed by atoms with Gasteiger partial charge in [-0.05, 0) is 73.0 Å². The van der Waals surface area contributed by atoms with Crippen LogP contribution in [-0.4, -0.2) is 65.1 Å². The predicted octanol–water partition coefficient (Wildman–Crippen LogP) is 5.60. The largest absolute Gasteiger partial charge is 0.494 e. The Kier molecular flexibility index (Phi) is 13.0. The Labute approximate surface area is 287 Å². The second-order valence-electron chi connectivity index (χ2n) is 11.1. The number of ether oxygens (including phenoxy) is 3. The molecule has 1 N–H and O–H groups in total. The lowest BCUT2D eigenvalue weighted by molar-refractivity contribution is -0.140. The normalized spacial score (nSPS) is 11.7. The summed E-state index contributed by atoms with van der Waals surface area (Å²) >= 11 is 0. The van der Waals surface area contributed by atoms with E-state index in [1.807, 2.05) is 44.2 Å². The number of nitrogens with one attached hydrogen (secondary N) is 1. The lowest BCUT2D eigenvalue weighted by Gasteiger charge is -2.34. The third-order valence-corrected chi connectivity index (χ3v) is 9.51. The minimum absolute atomic E-state index is 0.0797. The van der Waals surface area contributed by atoms with Crippen LogP contribution in [0.15, 0.2) is 102 Å². The van der Waals surface area contributed by atoms with E-state index in [9.17, 15) is 22.4 Å². The van der Waals surface area contributed by atoms with Crippen LogP contribution in [0.2, 0.25) is 0 Å². The third kappa shape index (κ3) is 9.50. The molecule has 0 heterocycles. The standard InChI is InChI=1S/C37H42FN3O7S/c1-5-22-39-37(43)33(23-27-10-8-7-9-11-27)40(25-28-12-14-29(38)15-13-28)36(42)26-41(30-16-18-31(19-17-30)48-6-2)49(44,45)32-20-21-34(46-3)35(24-32)47-4/h7-21,24,33H,5-6,22-23,25-26H2,1-4H3,(H,39,43). The smallest absolute Gasteiger partial charge is 0.264 e. The summed E-state index contributed by atoms with van der Waals surface area (Å²) in [6.45, 7) is 3.81. The van der Waals surface area contributed by atoms with Gasteiger partial charge in [0.05, 0.1) is 31.4 Å². The molecule has 0 aliphatic heterocycles. The molecule has 0 spiro atoms. The summed E-state index contributed by atoms with van der Waals surface area (Å²) in [5.41, 5.74) is 1.56. The molecule has 12 heteroatoms. The summed E-state index contributed by atoms with van der Waals surface area (Å²) in [6.07, 6.45) is 0.833. The van der Waals surface area contributed by atoms with Crippen molar-refractivity contribution < 1.29 is 36.6 Å². The van der Waals surface area contributed by atoms with Crippen molar-refractivity contribution in [3.63, 3.8) is 0 Å². The van der Waals surface area contributed by atoms with Gasteiger partial charge in [0.2, 0.25) is 11.8 Å². The maximum atomic E-state index is 14.6. The number of methoxy groups -OCH3 is 2. The van der Waals surface area contributed by atoms with Crippen LogP contribution in [0.25, 0.3) is 0 Å². The fourth-order valence-corrected chi connectivity index (χ4v) is 6.64. The minimum Gasteiger partial charge on any atom is -0.494 e. The van der Waals surface area contributed by atoms with Crippen molar-refractivity contribution in [1.29, 1.82) is 0 Å². The van der Waals surface area contributed by atoms with E-state index < -0.39 is 40.2 Å². The molecule has 0 fully saturated rings. The molecule has 4 aromatic carbocycles. The summed E-state index contributed by atoms with van der Waals surface area (Å²) in [5, 5.41) is 2.90. The van der Waals surface area contributed by atoms with Crippen LogP contribution in [-0.2, 0) is 32.6 Å². The van der Waals surface area contributed by atoms with Gasteiger partial charge >= 0.3 is 0 Å². The molecule has 0 radical (unpaired) electrons. The number of hydrogen-bond donors (Lipinski definition) is 1. The average Bonchev–Trinajstić information content (AvgIpc) is 3.12. The zero-order chi connectivity index (χ0) is 35.4. The summed E-state index contributed by atoms with van der Waals surface area (Å²) in [5.74, 6) is -0.445. The molecule has 1 unspecified atom stereocenters. The van der Waals surface area contributed by atoms with Crippen molar-refractivity contribution in [1.82, 2.24) is 10.2 Å². The van der Waals surface area contributed by atoms with E-state index in [0.29, 0.717) is 36.6 Å². The predicted molar refractivity (Wildman–Crippen MR) is 186 cm³/mol. The van der Waals surface area contributed by atoms with Gasteiger partial charge in [0, 0.05) is 25.6 Å². The summed E-state index contributed by atoms with van der Waals surface area (Å²) < 4.78 is 59.9. The minimum atomic E-state index is -4.40. The van der Waals surface area contributed by atoms with Gasteiger partial charge in [-0.2, -0.15) is 0 Å². The molecule has 0 aliphatic rings. The molecule has 4 rings (SSSR count). The number of hydrogen-bond acceptors (Lipinski definition) is 7. The molecule has 1 atom stereocenters. The Balaban J connectivity index is 1.82. The van der Waals surface area contributed by atoms with E-state index in [4.69, 9.17) is 14.2 Å². The highest BCUT2D eigenvalue weighted by atomic mass is 32.2. The number of carbonyl (C=O) groups excluding carboxylic acids is 2. The number of carbonyl (C=O) groups is 2. The maximum absolute atomic E-state index is 14.6. The molecule has 0 aliphatic carbocycles. The van der Waals surface area contributed by atoms with Crippen LogP contribution in [0.4, 0.5) is 10.1 Å². The van der Waals surface area contributed by atoms with Crippen molar-refractivity contribution in [3.8, 4) is 17.2 Å². The van der Waals surface area contributed by atoms with Gasteiger partial charge in [0.25, 0.3) is 10.0 Å². The molecule has 10 nitrogen and oxygen atoms in total. The number of anilines is 1. The van der Waals surface area contributed by atoms with E-state index in [2.05, 4.69) is 5.32 Å². The van der Waals surface area contributed by atoms with E-state index in [0.717, 1.165) is 9.87 Å². The molecule has 0 saturated carbocycles. The van der Waals surface area contributed by atoms with Crippen LogP contribution in [0.3, 0.4) is 0 Å². The SMILES string of the molecule is CCCNC(=O)C(Cc1ccccc1)N(Cc1ccc(F)cc1)C(=O)CN(c1ccc(OCC)cc1)S(=O)(=O)c1ccc(OC)c(OC)c1. The Morgan fingerprint density at radius 2 is 1.51 bits per heavy atom. The lowest BCUT2D eigenvalue weighted by atomic mass is 10.0. The maximum Gasteiger partial charge on any atom is 0.264 e. The Hall–Kier alpha value is -5.10. The van der Waals surface area contributed by atoms with Gasteiger partial charge < -0.3 is 24.4 Å². The Morgan fingerprint density at radius 3 is 2.12 bits per heavy atom. The van der Waals surface area contributed by atoms with Crippen LogP contribution < -0.4 is 23.8 Å². The van der Waals surface area contributed by atoms with Gasteiger partial charge in [-0.3, -0.25) is 13.9 Å². The van der Waals surface area contributed by atoms with Gasteiger partial charge in [0.1, 0.15) is 24.2 Å². The fourth-order valence-electron chi connectivity index (χ4n) is 5.21. The van der Waals surface area contributed by atoms with Crippen molar-refractivity contribution in [2.75, 3.05) is 38.2 Å². The molecule has 4 aromatic rings. The van der Waals surface area contributed by atoms with Gasteiger partial charge in [-0.1, -0.05) is 49.4 Å². The Morgan fingerprint density at radius 1 is 0.837 bits per heavy atom. The monoisotopic (exact) mass is 691 g/mol. The Bertz CT molecular complexity index is 1790. The zero-order valence-corrected chi connectivity index (χ0v) is 28.9. The number of halogens is 1.